The Morgan fingerprint density at radius 3 is 2.64 bits per heavy atom. The van der Waals surface area contributed by atoms with Crippen LogP contribution in [0.15, 0.2) is 6.07 Å². The number of nitrogens with zero attached hydrogens (tertiary/aromatic N) is 3. The molecule has 22 heavy (non-hydrogen) atoms. The second-order valence-electron chi connectivity index (χ2n) is 6.67. The predicted molar refractivity (Wildman–Crippen MR) is 90.1 cm³/mol. The van der Waals surface area contributed by atoms with Crippen molar-refractivity contribution in [3.63, 3.8) is 0 Å². The first-order chi connectivity index (χ1) is 10.6. The summed E-state index contributed by atoms with van der Waals surface area (Å²) in [4.78, 5) is 11.6. The number of aromatic nitrogens is 2. The highest BCUT2D eigenvalue weighted by molar-refractivity contribution is 5.32. The maximum Gasteiger partial charge on any atom is 0.225 e. The molecule has 1 unspecified atom stereocenters. The summed E-state index contributed by atoms with van der Waals surface area (Å²) >= 11 is 0. The van der Waals surface area contributed by atoms with Gasteiger partial charge in [-0.1, -0.05) is 13.3 Å². The van der Waals surface area contributed by atoms with Crippen molar-refractivity contribution >= 4 is 5.95 Å². The zero-order valence-corrected chi connectivity index (χ0v) is 14.2. The molecule has 1 saturated heterocycles. The van der Waals surface area contributed by atoms with Crippen molar-refractivity contribution in [2.45, 2.75) is 65.0 Å². The maximum atomic E-state index is 9.60. The summed E-state index contributed by atoms with van der Waals surface area (Å²) in [5, 5.41) is 13.1. The molecule has 0 aromatic carbocycles. The fourth-order valence-corrected chi connectivity index (χ4v) is 3.02. The van der Waals surface area contributed by atoms with Gasteiger partial charge in [0.1, 0.15) is 0 Å². The van der Waals surface area contributed by atoms with Gasteiger partial charge < -0.3 is 15.3 Å². The van der Waals surface area contributed by atoms with E-state index in [4.69, 9.17) is 4.98 Å². The molecule has 0 aliphatic carbocycles. The minimum Gasteiger partial charge on any atom is -0.394 e. The molecule has 5 nitrogen and oxygen atoms in total. The number of hydrogen-bond acceptors (Lipinski definition) is 5. The van der Waals surface area contributed by atoms with Gasteiger partial charge in [-0.15, -0.1) is 0 Å². The molecule has 0 bridgehead atoms. The lowest BCUT2D eigenvalue weighted by Gasteiger charge is -2.29. The highest BCUT2D eigenvalue weighted by Crippen LogP contribution is 2.17. The van der Waals surface area contributed by atoms with Crippen molar-refractivity contribution in [1.29, 1.82) is 0 Å². The van der Waals surface area contributed by atoms with Gasteiger partial charge in [-0.3, -0.25) is 0 Å². The van der Waals surface area contributed by atoms with Crippen molar-refractivity contribution in [3.05, 3.63) is 17.5 Å². The van der Waals surface area contributed by atoms with Gasteiger partial charge in [0.2, 0.25) is 5.95 Å². The zero-order valence-electron chi connectivity index (χ0n) is 14.2. The topological polar surface area (TPSA) is 61.3 Å². The molecule has 1 aromatic heterocycles. The molecule has 1 aromatic rings. The van der Waals surface area contributed by atoms with E-state index in [1.54, 1.807) is 0 Å². The summed E-state index contributed by atoms with van der Waals surface area (Å²) in [5.74, 6) is 0.859. The molecule has 2 N–H and O–H groups in total. The number of aryl methyl sites for hydroxylation is 1. The van der Waals surface area contributed by atoms with Crippen LogP contribution in [0.5, 0.6) is 0 Å². The van der Waals surface area contributed by atoms with E-state index in [0.29, 0.717) is 6.54 Å². The number of nitrogens with one attached hydrogen (secondary N) is 1. The van der Waals surface area contributed by atoms with Crippen molar-refractivity contribution in [3.8, 4) is 0 Å². The molecule has 124 valence electrons. The van der Waals surface area contributed by atoms with E-state index in [1.165, 1.54) is 19.3 Å². The standard InChI is InChI=1S/C17H30N4O/c1-4-8-17(3,13-22)18-12-15-11-14(2)19-16(20-15)21-9-6-5-7-10-21/h11,18,22H,4-10,12-13H2,1-3H3. The average Bonchev–Trinajstić information content (AvgIpc) is 2.54. The number of hydrogen-bond donors (Lipinski definition) is 2. The van der Waals surface area contributed by atoms with Gasteiger partial charge in [-0.05, 0) is 45.6 Å². The van der Waals surface area contributed by atoms with E-state index in [1.807, 2.05) is 13.0 Å². The maximum absolute atomic E-state index is 9.60. The summed E-state index contributed by atoms with van der Waals surface area (Å²) in [5.41, 5.74) is 1.77. The van der Waals surface area contributed by atoms with E-state index >= 15 is 0 Å². The first-order valence-corrected chi connectivity index (χ1v) is 8.52. The van der Waals surface area contributed by atoms with Crippen molar-refractivity contribution in [2.24, 2.45) is 0 Å². The summed E-state index contributed by atoms with van der Waals surface area (Å²) in [6.45, 7) is 9.15. The molecular formula is C17H30N4O. The molecular weight excluding hydrogens is 276 g/mol. The van der Waals surface area contributed by atoms with Gasteiger partial charge in [0.15, 0.2) is 0 Å². The Labute approximate surface area is 134 Å². The lowest BCUT2D eigenvalue weighted by molar-refractivity contribution is 0.163. The molecule has 0 saturated carbocycles. The van der Waals surface area contributed by atoms with E-state index in [9.17, 15) is 5.11 Å². The Morgan fingerprint density at radius 1 is 1.27 bits per heavy atom. The predicted octanol–water partition coefficient (Wildman–Crippen LogP) is 2.42. The number of piperidine rings is 1. The Morgan fingerprint density at radius 2 is 2.00 bits per heavy atom. The van der Waals surface area contributed by atoms with E-state index < -0.39 is 0 Å². The lowest BCUT2D eigenvalue weighted by atomic mass is 9.97. The Balaban J connectivity index is 2.06. The summed E-state index contributed by atoms with van der Waals surface area (Å²) in [6, 6.07) is 2.03. The third kappa shape index (κ3) is 4.65. The average molecular weight is 306 g/mol. The van der Waals surface area contributed by atoms with Gasteiger partial charge in [0.25, 0.3) is 0 Å². The molecule has 1 aliphatic rings. The van der Waals surface area contributed by atoms with Crippen LogP contribution < -0.4 is 10.2 Å². The van der Waals surface area contributed by atoms with Gasteiger partial charge in [-0.2, -0.15) is 0 Å². The van der Waals surface area contributed by atoms with Crippen molar-refractivity contribution in [1.82, 2.24) is 15.3 Å². The number of aliphatic hydroxyl groups excluding tert-OH is 1. The van der Waals surface area contributed by atoms with Crippen LogP contribution in [0.2, 0.25) is 0 Å². The molecule has 1 fully saturated rings. The van der Waals surface area contributed by atoms with Crippen LogP contribution in [-0.4, -0.2) is 40.3 Å². The van der Waals surface area contributed by atoms with Crippen LogP contribution in [0.4, 0.5) is 5.95 Å². The van der Waals surface area contributed by atoms with Crippen LogP contribution >= 0.6 is 0 Å². The minimum atomic E-state index is -0.237. The Hall–Kier alpha value is -1.20. The number of anilines is 1. The SMILES string of the molecule is CCCC(C)(CO)NCc1cc(C)nc(N2CCCCC2)n1. The highest BCUT2D eigenvalue weighted by Gasteiger charge is 2.22. The van der Waals surface area contributed by atoms with Crippen molar-refractivity contribution in [2.75, 3.05) is 24.6 Å². The van der Waals surface area contributed by atoms with Crippen LogP contribution in [-0.2, 0) is 6.54 Å². The molecule has 0 radical (unpaired) electrons. The normalized spacial score (nSPS) is 18.3. The molecule has 2 rings (SSSR count). The second-order valence-corrected chi connectivity index (χ2v) is 6.67. The smallest absolute Gasteiger partial charge is 0.225 e. The molecule has 1 atom stereocenters. The summed E-state index contributed by atoms with van der Waals surface area (Å²) < 4.78 is 0. The van der Waals surface area contributed by atoms with Crippen LogP contribution in [0, 0.1) is 6.92 Å². The lowest BCUT2D eigenvalue weighted by Crippen LogP contribution is -2.45. The van der Waals surface area contributed by atoms with Gasteiger partial charge in [-0.25, -0.2) is 9.97 Å². The fourth-order valence-electron chi connectivity index (χ4n) is 3.02. The highest BCUT2D eigenvalue weighted by atomic mass is 16.3. The second kappa shape index (κ2) is 7.88. The molecule has 1 aliphatic heterocycles. The first kappa shape index (κ1) is 17.2. The van der Waals surface area contributed by atoms with E-state index in [0.717, 1.165) is 43.3 Å². The largest absolute Gasteiger partial charge is 0.394 e. The van der Waals surface area contributed by atoms with Crippen LogP contribution in [0.3, 0.4) is 0 Å². The zero-order chi connectivity index (χ0) is 16.0. The van der Waals surface area contributed by atoms with Crippen LogP contribution in [0.25, 0.3) is 0 Å². The van der Waals surface area contributed by atoms with E-state index in [-0.39, 0.29) is 12.1 Å². The molecule has 2 heterocycles. The minimum absolute atomic E-state index is 0.143. The Kier molecular flexibility index (Phi) is 6.15. The van der Waals surface area contributed by atoms with Crippen molar-refractivity contribution < 1.29 is 5.11 Å². The van der Waals surface area contributed by atoms with E-state index in [2.05, 4.69) is 29.0 Å². The third-order valence-electron chi connectivity index (χ3n) is 4.38. The van der Waals surface area contributed by atoms with Gasteiger partial charge in [0, 0.05) is 30.9 Å². The van der Waals surface area contributed by atoms with Gasteiger partial charge >= 0.3 is 0 Å². The summed E-state index contributed by atoms with van der Waals surface area (Å²) in [7, 11) is 0. The third-order valence-corrected chi connectivity index (χ3v) is 4.38. The quantitative estimate of drug-likeness (QED) is 0.810. The molecule has 5 heteroatoms. The molecule has 0 amide bonds. The summed E-state index contributed by atoms with van der Waals surface area (Å²) in [6.07, 6.45) is 5.76. The fraction of sp³-hybridized carbons (Fsp3) is 0.765. The first-order valence-electron chi connectivity index (χ1n) is 8.52. The monoisotopic (exact) mass is 306 g/mol. The molecule has 0 spiro atoms. The van der Waals surface area contributed by atoms with Gasteiger partial charge in [0.05, 0.1) is 12.3 Å². The Bertz CT molecular complexity index is 474. The number of rotatable bonds is 7. The number of aliphatic hydroxyl groups is 1. The van der Waals surface area contributed by atoms with Crippen LogP contribution in [0.1, 0.15) is 57.3 Å².